The predicted molar refractivity (Wildman–Crippen MR) is 122 cm³/mol. The first-order valence-electron chi connectivity index (χ1n) is 10.4. The summed E-state index contributed by atoms with van der Waals surface area (Å²) >= 11 is 0. The van der Waals surface area contributed by atoms with Gasteiger partial charge in [0.15, 0.2) is 5.82 Å². The minimum Gasteiger partial charge on any atom is -0.354 e. The van der Waals surface area contributed by atoms with Crippen LogP contribution < -0.4 is 4.90 Å². The number of piperazine rings is 1. The summed E-state index contributed by atoms with van der Waals surface area (Å²) in [4.78, 5) is 23.3. The number of anilines is 1. The van der Waals surface area contributed by atoms with Crippen molar-refractivity contribution < 1.29 is 8.42 Å². The Morgan fingerprint density at radius 1 is 0.938 bits per heavy atom. The summed E-state index contributed by atoms with van der Waals surface area (Å²) < 4.78 is 28.1. The van der Waals surface area contributed by atoms with Crippen LogP contribution in [0.3, 0.4) is 0 Å². The molecule has 0 aromatic carbocycles. The van der Waals surface area contributed by atoms with Crippen LogP contribution in [-0.4, -0.2) is 63.8 Å². The molecule has 4 aromatic rings. The van der Waals surface area contributed by atoms with Gasteiger partial charge in [-0.3, -0.25) is 4.98 Å². The first-order chi connectivity index (χ1) is 15.4. The summed E-state index contributed by atoms with van der Waals surface area (Å²) in [7, 11) is -3.63. The summed E-state index contributed by atoms with van der Waals surface area (Å²) in [6, 6.07) is 9.16. The molecule has 0 aliphatic carbocycles. The molecule has 1 aliphatic rings. The number of rotatable bonds is 4. The molecular formula is C22H23N7O2S. The van der Waals surface area contributed by atoms with Crippen LogP contribution in [0, 0.1) is 13.8 Å². The fourth-order valence-electron chi connectivity index (χ4n) is 3.95. The van der Waals surface area contributed by atoms with Crippen molar-refractivity contribution in [1.29, 1.82) is 0 Å². The van der Waals surface area contributed by atoms with Crippen molar-refractivity contribution in [1.82, 2.24) is 29.2 Å². The third kappa shape index (κ3) is 3.51. The summed E-state index contributed by atoms with van der Waals surface area (Å²) in [5.41, 5.74) is 3.16. The largest absolute Gasteiger partial charge is 0.354 e. The van der Waals surface area contributed by atoms with Gasteiger partial charge in [0.25, 0.3) is 0 Å². The lowest BCUT2D eigenvalue weighted by atomic mass is 10.2. The Balaban J connectivity index is 1.40. The maximum atomic E-state index is 13.3. The van der Waals surface area contributed by atoms with Gasteiger partial charge in [0, 0.05) is 61.4 Å². The van der Waals surface area contributed by atoms with Crippen LogP contribution in [0.5, 0.6) is 0 Å². The highest BCUT2D eigenvalue weighted by molar-refractivity contribution is 7.89. The Morgan fingerprint density at radius 2 is 1.72 bits per heavy atom. The second-order valence-corrected chi connectivity index (χ2v) is 9.65. The van der Waals surface area contributed by atoms with Crippen molar-refractivity contribution in [2.75, 3.05) is 31.1 Å². The van der Waals surface area contributed by atoms with E-state index in [1.807, 2.05) is 32.0 Å². The van der Waals surface area contributed by atoms with Gasteiger partial charge in [-0.05, 0) is 38.1 Å². The second kappa shape index (κ2) is 7.95. The smallest absolute Gasteiger partial charge is 0.245 e. The Labute approximate surface area is 186 Å². The predicted octanol–water partition coefficient (Wildman–Crippen LogP) is 2.54. The summed E-state index contributed by atoms with van der Waals surface area (Å²) in [6.45, 7) is 5.78. The van der Waals surface area contributed by atoms with Crippen molar-refractivity contribution in [3.05, 3.63) is 60.2 Å². The quantitative estimate of drug-likeness (QED) is 0.510. The van der Waals surface area contributed by atoms with Crippen LogP contribution in [0.1, 0.15) is 11.3 Å². The van der Waals surface area contributed by atoms with E-state index in [4.69, 9.17) is 4.98 Å². The van der Waals surface area contributed by atoms with E-state index in [-0.39, 0.29) is 4.90 Å². The first-order valence-corrected chi connectivity index (χ1v) is 11.8. The molecule has 1 fully saturated rings. The minimum atomic E-state index is -3.63. The van der Waals surface area contributed by atoms with Crippen LogP contribution in [0.25, 0.3) is 22.6 Å². The van der Waals surface area contributed by atoms with Gasteiger partial charge in [-0.2, -0.15) is 4.31 Å². The number of nitrogens with zero attached hydrogens (tertiary/aromatic N) is 6. The van der Waals surface area contributed by atoms with Gasteiger partial charge in [-0.1, -0.05) is 6.07 Å². The van der Waals surface area contributed by atoms with Crippen molar-refractivity contribution in [2.45, 2.75) is 18.7 Å². The topological polar surface area (TPSA) is 108 Å². The number of hydrogen-bond acceptors (Lipinski definition) is 7. The molecule has 0 bridgehead atoms. The highest BCUT2D eigenvalue weighted by Gasteiger charge is 2.31. The fourth-order valence-corrected chi connectivity index (χ4v) is 5.53. The number of aryl methyl sites for hydroxylation is 1. The van der Waals surface area contributed by atoms with Gasteiger partial charge in [-0.15, -0.1) is 0 Å². The number of nitrogens with one attached hydrogen (secondary N) is 1. The van der Waals surface area contributed by atoms with Gasteiger partial charge in [-0.25, -0.2) is 23.4 Å². The summed E-state index contributed by atoms with van der Waals surface area (Å²) in [5, 5.41) is 0.609. The number of sulfonamides is 1. The maximum Gasteiger partial charge on any atom is 0.245 e. The van der Waals surface area contributed by atoms with Gasteiger partial charge < -0.3 is 9.88 Å². The molecule has 164 valence electrons. The van der Waals surface area contributed by atoms with E-state index < -0.39 is 10.0 Å². The van der Waals surface area contributed by atoms with Crippen LogP contribution in [0.15, 0.2) is 53.8 Å². The summed E-state index contributed by atoms with van der Waals surface area (Å²) in [6.07, 6.45) is 4.88. The van der Waals surface area contributed by atoms with Gasteiger partial charge in [0.05, 0.1) is 0 Å². The van der Waals surface area contributed by atoms with E-state index in [1.54, 1.807) is 24.5 Å². The second-order valence-electron chi connectivity index (χ2n) is 7.74. The van der Waals surface area contributed by atoms with Crippen molar-refractivity contribution in [3.63, 3.8) is 0 Å². The van der Waals surface area contributed by atoms with Crippen LogP contribution in [0.2, 0.25) is 0 Å². The van der Waals surface area contributed by atoms with Gasteiger partial charge in [0.1, 0.15) is 22.1 Å². The van der Waals surface area contributed by atoms with Crippen LogP contribution >= 0.6 is 0 Å². The lowest BCUT2D eigenvalue weighted by molar-refractivity contribution is 0.384. The van der Waals surface area contributed by atoms with Gasteiger partial charge in [0.2, 0.25) is 10.0 Å². The van der Waals surface area contributed by atoms with E-state index in [0.29, 0.717) is 48.7 Å². The Morgan fingerprint density at radius 3 is 2.47 bits per heavy atom. The summed E-state index contributed by atoms with van der Waals surface area (Å²) in [5.74, 6) is 1.40. The lowest BCUT2D eigenvalue weighted by Crippen LogP contribution is -2.49. The molecule has 1 aliphatic heterocycles. The molecule has 0 amide bonds. The maximum absolute atomic E-state index is 13.3. The Bertz CT molecular complexity index is 1380. The third-order valence-corrected chi connectivity index (χ3v) is 7.77. The number of aromatic nitrogens is 5. The Hall–Kier alpha value is -3.37. The first kappa shape index (κ1) is 20.5. The minimum absolute atomic E-state index is 0.264. The zero-order chi connectivity index (χ0) is 22.3. The monoisotopic (exact) mass is 449 g/mol. The van der Waals surface area contributed by atoms with Crippen molar-refractivity contribution in [2.24, 2.45) is 0 Å². The molecule has 10 heteroatoms. The van der Waals surface area contributed by atoms with Crippen LogP contribution in [-0.2, 0) is 10.0 Å². The highest BCUT2D eigenvalue weighted by atomic mass is 32.2. The number of aromatic amines is 1. The molecule has 1 saturated heterocycles. The van der Waals surface area contributed by atoms with Gasteiger partial charge >= 0.3 is 0 Å². The lowest BCUT2D eigenvalue weighted by Gasteiger charge is -2.35. The van der Waals surface area contributed by atoms with E-state index in [1.165, 1.54) is 10.5 Å². The zero-order valence-electron chi connectivity index (χ0n) is 17.9. The van der Waals surface area contributed by atoms with Crippen molar-refractivity contribution >= 4 is 26.9 Å². The van der Waals surface area contributed by atoms with Crippen LogP contribution in [0.4, 0.5) is 5.82 Å². The molecule has 4 aromatic heterocycles. The number of hydrogen-bond donors (Lipinski definition) is 1. The fraction of sp³-hybridized carbons (Fsp3) is 0.273. The molecule has 0 unspecified atom stereocenters. The molecular weight excluding hydrogens is 426 g/mol. The number of pyridine rings is 2. The zero-order valence-corrected chi connectivity index (χ0v) is 18.7. The van der Waals surface area contributed by atoms with E-state index in [9.17, 15) is 8.42 Å². The van der Waals surface area contributed by atoms with E-state index in [0.717, 1.165) is 17.1 Å². The highest BCUT2D eigenvalue weighted by Crippen LogP contribution is 2.28. The number of H-pyrrole nitrogens is 1. The van der Waals surface area contributed by atoms with Crippen molar-refractivity contribution in [3.8, 4) is 11.5 Å². The molecule has 32 heavy (non-hydrogen) atoms. The Kier molecular flexibility index (Phi) is 5.10. The normalized spacial score (nSPS) is 15.4. The molecule has 5 heterocycles. The molecule has 1 N–H and O–H groups in total. The molecule has 0 saturated carbocycles. The molecule has 0 atom stereocenters. The SMILES string of the molecule is Cc1nc(-c2ccccn2)nc(N2CCN(S(=O)(=O)c3c[nH]c4ncccc34)CC2)c1C. The average Bonchev–Trinajstić information content (AvgIpc) is 3.26. The van der Waals surface area contributed by atoms with E-state index >= 15 is 0 Å². The molecule has 5 rings (SSSR count). The average molecular weight is 450 g/mol. The molecule has 0 radical (unpaired) electrons. The molecule has 0 spiro atoms. The molecule has 9 nitrogen and oxygen atoms in total. The third-order valence-electron chi connectivity index (χ3n) is 5.83. The number of fused-ring (bicyclic) bond motifs is 1. The standard InChI is InChI=1S/C22H23N7O2S/c1-15-16(2)26-21(18-7-3-4-8-23-18)27-22(15)28-10-12-29(13-11-28)32(30,31)19-14-25-20-17(19)6-5-9-24-20/h3-9,14H,10-13H2,1-2H3,(H,24,25). The van der Waals surface area contributed by atoms with E-state index in [2.05, 4.69) is 24.8 Å².